The summed E-state index contributed by atoms with van der Waals surface area (Å²) in [6.45, 7) is 0.411. The van der Waals surface area contributed by atoms with Crippen LogP contribution in [0.5, 0.6) is 5.75 Å². The molecule has 2 rings (SSSR count). The second-order valence-corrected chi connectivity index (χ2v) is 5.34. The van der Waals surface area contributed by atoms with E-state index in [0.29, 0.717) is 29.3 Å². The highest BCUT2D eigenvalue weighted by Gasteiger charge is 2.04. The van der Waals surface area contributed by atoms with E-state index in [1.165, 1.54) is 0 Å². The topological polar surface area (TPSA) is 81.4 Å². The van der Waals surface area contributed by atoms with Crippen molar-refractivity contribution in [2.75, 3.05) is 13.2 Å². The maximum atomic E-state index is 11.7. The SMILES string of the molecule is NC(=O)c1ccc(OCC(=O)NCCc2cccc(Cl)c2)cc1. The lowest BCUT2D eigenvalue weighted by Crippen LogP contribution is -2.30. The van der Waals surface area contributed by atoms with E-state index in [-0.39, 0.29) is 12.5 Å². The Labute approximate surface area is 139 Å². The van der Waals surface area contributed by atoms with E-state index < -0.39 is 5.91 Å². The zero-order valence-corrected chi connectivity index (χ0v) is 13.2. The van der Waals surface area contributed by atoms with Crippen LogP contribution in [-0.4, -0.2) is 25.0 Å². The highest BCUT2D eigenvalue weighted by Crippen LogP contribution is 2.12. The lowest BCUT2D eigenvalue weighted by Gasteiger charge is -2.08. The van der Waals surface area contributed by atoms with Crippen LogP contribution in [-0.2, 0) is 11.2 Å². The smallest absolute Gasteiger partial charge is 0.257 e. The number of primary amides is 1. The molecule has 0 aliphatic rings. The van der Waals surface area contributed by atoms with Crippen molar-refractivity contribution in [3.63, 3.8) is 0 Å². The molecular formula is C17H17ClN2O3. The molecule has 0 aliphatic heterocycles. The molecule has 0 radical (unpaired) electrons. The number of carbonyl (C=O) groups is 2. The summed E-state index contributed by atoms with van der Waals surface area (Å²) in [5, 5.41) is 3.45. The minimum atomic E-state index is -0.504. The molecule has 0 atom stereocenters. The van der Waals surface area contributed by atoms with Crippen LogP contribution in [0.2, 0.25) is 5.02 Å². The van der Waals surface area contributed by atoms with Gasteiger partial charge in [-0.2, -0.15) is 0 Å². The summed E-state index contributed by atoms with van der Waals surface area (Å²) in [5.41, 5.74) is 6.59. The molecule has 2 aromatic rings. The molecule has 0 heterocycles. The average molecular weight is 333 g/mol. The first kappa shape index (κ1) is 16.8. The Hall–Kier alpha value is -2.53. The Bertz CT molecular complexity index is 686. The van der Waals surface area contributed by atoms with Crippen LogP contribution in [0.4, 0.5) is 0 Å². The zero-order valence-electron chi connectivity index (χ0n) is 12.4. The molecule has 0 spiro atoms. The van der Waals surface area contributed by atoms with Crippen LogP contribution in [0.25, 0.3) is 0 Å². The maximum absolute atomic E-state index is 11.7. The van der Waals surface area contributed by atoms with Crippen LogP contribution in [0.15, 0.2) is 48.5 Å². The molecule has 2 amide bonds. The Kier molecular flexibility index (Phi) is 6.00. The van der Waals surface area contributed by atoms with E-state index in [1.807, 2.05) is 18.2 Å². The molecule has 120 valence electrons. The molecule has 0 unspecified atom stereocenters. The number of ether oxygens (including phenoxy) is 1. The number of benzene rings is 2. The number of hydrogen-bond donors (Lipinski definition) is 2. The second kappa shape index (κ2) is 8.19. The third-order valence-electron chi connectivity index (χ3n) is 3.13. The van der Waals surface area contributed by atoms with Gasteiger partial charge in [-0.1, -0.05) is 23.7 Å². The molecule has 0 saturated carbocycles. The predicted molar refractivity (Wildman–Crippen MR) is 88.6 cm³/mol. The fourth-order valence-corrected chi connectivity index (χ4v) is 2.17. The first-order chi connectivity index (χ1) is 11.0. The molecule has 6 heteroatoms. The Morgan fingerprint density at radius 2 is 1.87 bits per heavy atom. The largest absolute Gasteiger partial charge is 0.484 e. The van der Waals surface area contributed by atoms with Crippen molar-refractivity contribution < 1.29 is 14.3 Å². The van der Waals surface area contributed by atoms with Gasteiger partial charge in [0, 0.05) is 17.1 Å². The van der Waals surface area contributed by atoms with Gasteiger partial charge in [0.05, 0.1) is 0 Å². The summed E-state index contributed by atoms with van der Waals surface area (Å²) in [7, 11) is 0. The van der Waals surface area contributed by atoms with Crippen LogP contribution in [0, 0.1) is 0 Å². The summed E-state index contributed by atoms with van der Waals surface area (Å²) in [4.78, 5) is 22.7. The number of halogens is 1. The Morgan fingerprint density at radius 3 is 2.52 bits per heavy atom. The third kappa shape index (κ3) is 5.64. The van der Waals surface area contributed by atoms with Gasteiger partial charge in [0.1, 0.15) is 5.75 Å². The first-order valence-electron chi connectivity index (χ1n) is 7.08. The molecule has 0 saturated heterocycles. The lowest BCUT2D eigenvalue weighted by molar-refractivity contribution is -0.123. The van der Waals surface area contributed by atoms with Crippen molar-refractivity contribution in [2.45, 2.75) is 6.42 Å². The van der Waals surface area contributed by atoms with Gasteiger partial charge in [-0.15, -0.1) is 0 Å². The normalized spacial score (nSPS) is 10.1. The number of rotatable bonds is 7. The summed E-state index contributed by atoms with van der Waals surface area (Å²) >= 11 is 5.90. The molecule has 5 nitrogen and oxygen atoms in total. The van der Waals surface area contributed by atoms with Gasteiger partial charge in [0.15, 0.2) is 6.61 Å². The fraction of sp³-hybridized carbons (Fsp3) is 0.176. The molecule has 23 heavy (non-hydrogen) atoms. The van der Waals surface area contributed by atoms with E-state index >= 15 is 0 Å². The standard InChI is InChI=1S/C17H17ClN2O3/c18-14-3-1-2-12(10-14)8-9-20-16(21)11-23-15-6-4-13(5-7-15)17(19)22/h1-7,10H,8-9,11H2,(H2,19,22)(H,20,21). The van der Waals surface area contributed by atoms with Gasteiger partial charge in [0.25, 0.3) is 5.91 Å². The summed E-state index contributed by atoms with van der Waals surface area (Å²) in [5.74, 6) is -0.221. The zero-order chi connectivity index (χ0) is 16.7. The minimum absolute atomic E-state index is 0.0918. The summed E-state index contributed by atoms with van der Waals surface area (Å²) in [6, 6.07) is 13.8. The maximum Gasteiger partial charge on any atom is 0.257 e. The van der Waals surface area contributed by atoms with Crippen molar-refractivity contribution in [1.82, 2.24) is 5.32 Å². The molecule has 3 N–H and O–H groups in total. The first-order valence-corrected chi connectivity index (χ1v) is 7.46. The molecular weight excluding hydrogens is 316 g/mol. The van der Waals surface area contributed by atoms with Gasteiger partial charge < -0.3 is 15.8 Å². The highest BCUT2D eigenvalue weighted by atomic mass is 35.5. The van der Waals surface area contributed by atoms with Crippen LogP contribution in [0.1, 0.15) is 15.9 Å². The number of carbonyl (C=O) groups excluding carboxylic acids is 2. The number of nitrogens with one attached hydrogen (secondary N) is 1. The molecule has 0 aliphatic carbocycles. The number of nitrogens with two attached hydrogens (primary N) is 1. The van der Waals surface area contributed by atoms with Crippen molar-refractivity contribution >= 4 is 23.4 Å². The van der Waals surface area contributed by atoms with Gasteiger partial charge >= 0.3 is 0 Å². The van der Waals surface area contributed by atoms with Crippen molar-refractivity contribution in [2.24, 2.45) is 5.73 Å². The van der Waals surface area contributed by atoms with Gasteiger partial charge in [-0.05, 0) is 48.4 Å². The number of hydrogen-bond acceptors (Lipinski definition) is 3. The molecule has 0 aromatic heterocycles. The summed E-state index contributed by atoms with van der Waals surface area (Å²) in [6.07, 6.45) is 0.694. The van der Waals surface area contributed by atoms with Crippen molar-refractivity contribution in [1.29, 1.82) is 0 Å². The quantitative estimate of drug-likeness (QED) is 0.815. The van der Waals surface area contributed by atoms with E-state index in [9.17, 15) is 9.59 Å². The third-order valence-corrected chi connectivity index (χ3v) is 3.37. The minimum Gasteiger partial charge on any atom is -0.484 e. The Balaban J connectivity index is 1.71. The predicted octanol–water partition coefficient (Wildman–Crippen LogP) is 2.18. The molecule has 0 bridgehead atoms. The van der Waals surface area contributed by atoms with E-state index in [0.717, 1.165) is 5.56 Å². The summed E-state index contributed by atoms with van der Waals surface area (Å²) < 4.78 is 5.34. The van der Waals surface area contributed by atoms with Crippen LogP contribution >= 0.6 is 11.6 Å². The molecule has 0 fully saturated rings. The van der Waals surface area contributed by atoms with Crippen molar-refractivity contribution in [3.8, 4) is 5.75 Å². The molecule has 2 aromatic carbocycles. The lowest BCUT2D eigenvalue weighted by atomic mass is 10.1. The van der Waals surface area contributed by atoms with Gasteiger partial charge in [-0.25, -0.2) is 0 Å². The second-order valence-electron chi connectivity index (χ2n) is 4.91. The van der Waals surface area contributed by atoms with Crippen LogP contribution in [0.3, 0.4) is 0 Å². The van der Waals surface area contributed by atoms with Gasteiger partial charge in [-0.3, -0.25) is 9.59 Å². The highest BCUT2D eigenvalue weighted by molar-refractivity contribution is 6.30. The number of amides is 2. The van der Waals surface area contributed by atoms with Crippen LogP contribution < -0.4 is 15.8 Å². The monoisotopic (exact) mass is 332 g/mol. The average Bonchev–Trinajstić information content (AvgIpc) is 2.53. The van der Waals surface area contributed by atoms with E-state index in [1.54, 1.807) is 30.3 Å². The van der Waals surface area contributed by atoms with Gasteiger partial charge in [0.2, 0.25) is 5.91 Å². The van der Waals surface area contributed by atoms with E-state index in [4.69, 9.17) is 22.1 Å². The fourth-order valence-electron chi connectivity index (χ4n) is 1.95. The van der Waals surface area contributed by atoms with Crippen molar-refractivity contribution in [3.05, 3.63) is 64.7 Å². The Morgan fingerprint density at radius 1 is 1.13 bits per heavy atom. The van der Waals surface area contributed by atoms with E-state index in [2.05, 4.69) is 5.32 Å².